The second kappa shape index (κ2) is 9.07. The zero-order valence-corrected chi connectivity index (χ0v) is 12.7. The summed E-state index contributed by atoms with van der Waals surface area (Å²) in [5.74, 6) is 0.0123. The van der Waals surface area contributed by atoms with E-state index < -0.39 is 0 Å². The highest BCUT2D eigenvalue weighted by molar-refractivity contribution is 5.77. The van der Waals surface area contributed by atoms with E-state index in [1.807, 2.05) is 27.7 Å². The fourth-order valence-electron chi connectivity index (χ4n) is 1.51. The molecule has 4 N–H and O–H groups in total. The monoisotopic (exact) mass is 271 g/mol. The molecule has 0 radical (unpaired) electrons. The average molecular weight is 271 g/mol. The lowest BCUT2D eigenvalue weighted by Crippen LogP contribution is -2.46. The van der Waals surface area contributed by atoms with Crippen molar-refractivity contribution in [2.75, 3.05) is 26.3 Å². The highest BCUT2D eigenvalue weighted by Gasteiger charge is 2.17. The van der Waals surface area contributed by atoms with Crippen LogP contribution in [0.2, 0.25) is 0 Å². The molecule has 0 bridgehead atoms. The fraction of sp³-hybridized carbons (Fsp3) is 0.786. The molecule has 112 valence electrons. The zero-order valence-electron chi connectivity index (χ0n) is 12.7. The zero-order chi connectivity index (χ0) is 14.9. The maximum absolute atomic E-state index is 11.8. The first-order chi connectivity index (χ1) is 8.74. The minimum absolute atomic E-state index is 0.0123. The molecule has 1 amide bonds. The Hall–Kier alpha value is -0.910. The summed E-state index contributed by atoms with van der Waals surface area (Å²) in [5, 5.41) is 6.14. The topological polar surface area (TPSA) is 76.4 Å². The second-order valence-corrected chi connectivity index (χ2v) is 5.90. The number of hydrogen-bond donors (Lipinski definition) is 3. The smallest absolute Gasteiger partial charge is 0.222 e. The minimum Gasteiger partial charge on any atom is -0.376 e. The van der Waals surface area contributed by atoms with Crippen LogP contribution in [0.1, 0.15) is 34.1 Å². The van der Waals surface area contributed by atoms with Gasteiger partial charge in [0.25, 0.3) is 0 Å². The molecule has 0 saturated heterocycles. The van der Waals surface area contributed by atoms with Gasteiger partial charge in [-0.25, -0.2) is 0 Å². The van der Waals surface area contributed by atoms with Gasteiger partial charge in [0.05, 0.1) is 13.2 Å². The maximum Gasteiger partial charge on any atom is 0.222 e. The first kappa shape index (κ1) is 18.1. The Kier molecular flexibility index (Phi) is 8.63. The molecule has 0 aromatic rings. The number of carbonyl (C=O) groups is 1. The first-order valence-electron chi connectivity index (χ1n) is 6.71. The van der Waals surface area contributed by atoms with E-state index in [4.69, 9.17) is 10.5 Å². The van der Waals surface area contributed by atoms with E-state index in [9.17, 15) is 4.79 Å². The number of rotatable bonds is 9. The lowest BCUT2D eigenvalue weighted by atomic mass is 10.1. The number of hydrogen-bond acceptors (Lipinski definition) is 4. The van der Waals surface area contributed by atoms with Gasteiger partial charge >= 0.3 is 0 Å². The SMILES string of the molecule is C=C(C)COCCNC(CN)CC(=O)NC(C)(C)C. The van der Waals surface area contributed by atoms with Crippen LogP contribution in [-0.2, 0) is 9.53 Å². The van der Waals surface area contributed by atoms with Crippen molar-refractivity contribution in [2.24, 2.45) is 5.73 Å². The highest BCUT2D eigenvalue weighted by Crippen LogP contribution is 2.00. The Morgan fingerprint density at radius 2 is 2.05 bits per heavy atom. The van der Waals surface area contributed by atoms with Crippen LogP contribution >= 0.6 is 0 Å². The number of amides is 1. The van der Waals surface area contributed by atoms with Crippen LogP contribution in [0.15, 0.2) is 12.2 Å². The van der Waals surface area contributed by atoms with Crippen molar-refractivity contribution in [2.45, 2.75) is 45.7 Å². The third kappa shape index (κ3) is 11.9. The molecule has 1 atom stereocenters. The minimum atomic E-state index is -0.208. The predicted molar refractivity (Wildman–Crippen MR) is 79.0 cm³/mol. The second-order valence-electron chi connectivity index (χ2n) is 5.90. The fourth-order valence-corrected chi connectivity index (χ4v) is 1.51. The van der Waals surface area contributed by atoms with Crippen molar-refractivity contribution < 1.29 is 9.53 Å². The molecular weight excluding hydrogens is 242 g/mol. The summed E-state index contributed by atoms with van der Waals surface area (Å²) in [6, 6.07) is -0.0178. The molecule has 5 nitrogen and oxygen atoms in total. The molecule has 0 spiro atoms. The van der Waals surface area contributed by atoms with E-state index in [1.54, 1.807) is 0 Å². The average Bonchev–Trinajstić information content (AvgIpc) is 2.24. The van der Waals surface area contributed by atoms with Gasteiger partial charge in [0.1, 0.15) is 0 Å². The Bertz CT molecular complexity index is 285. The van der Waals surface area contributed by atoms with Crippen LogP contribution < -0.4 is 16.4 Å². The number of ether oxygens (including phenoxy) is 1. The van der Waals surface area contributed by atoms with Gasteiger partial charge < -0.3 is 21.1 Å². The number of nitrogens with two attached hydrogens (primary N) is 1. The van der Waals surface area contributed by atoms with E-state index in [-0.39, 0.29) is 17.5 Å². The molecular formula is C14H29N3O2. The Morgan fingerprint density at radius 3 is 2.53 bits per heavy atom. The third-order valence-electron chi connectivity index (χ3n) is 2.26. The van der Waals surface area contributed by atoms with Crippen molar-refractivity contribution in [1.82, 2.24) is 10.6 Å². The third-order valence-corrected chi connectivity index (χ3v) is 2.26. The molecule has 0 aliphatic carbocycles. The summed E-state index contributed by atoms with van der Waals surface area (Å²) in [6.07, 6.45) is 0.383. The van der Waals surface area contributed by atoms with Crippen molar-refractivity contribution in [3.8, 4) is 0 Å². The normalized spacial score (nSPS) is 13.1. The summed E-state index contributed by atoms with van der Waals surface area (Å²) in [4.78, 5) is 11.8. The van der Waals surface area contributed by atoms with Gasteiger partial charge in [0.2, 0.25) is 5.91 Å². The lowest BCUT2D eigenvalue weighted by Gasteiger charge is -2.23. The van der Waals surface area contributed by atoms with E-state index in [0.717, 1.165) is 5.57 Å². The van der Waals surface area contributed by atoms with E-state index >= 15 is 0 Å². The van der Waals surface area contributed by atoms with Gasteiger partial charge in [-0.05, 0) is 27.7 Å². The Morgan fingerprint density at radius 1 is 1.42 bits per heavy atom. The van der Waals surface area contributed by atoms with Crippen LogP contribution in [0.5, 0.6) is 0 Å². The molecule has 0 aromatic carbocycles. The Balaban J connectivity index is 3.82. The van der Waals surface area contributed by atoms with Gasteiger partial charge in [-0.3, -0.25) is 4.79 Å². The van der Waals surface area contributed by atoms with Crippen molar-refractivity contribution in [3.05, 3.63) is 12.2 Å². The van der Waals surface area contributed by atoms with Crippen LogP contribution in [0, 0.1) is 0 Å². The molecule has 0 aliphatic heterocycles. The molecule has 19 heavy (non-hydrogen) atoms. The van der Waals surface area contributed by atoms with E-state index in [1.165, 1.54) is 0 Å². The highest BCUT2D eigenvalue weighted by atomic mass is 16.5. The van der Waals surface area contributed by atoms with E-state index in [2.05, 4.69) is 17.2 Å². The molecule has 0 aromatic heterocycles. The lowest BCUT2D eigenvalue weighted by molar-refractivity contribution is -0.122. The maximum atomic E-state index is 11.8. The van der Waals surface area contributed by atoms with Crippen molar-refractivity contribution >= 4 is 5.91 Å². The van der Waals surface area contributed by atoms with Gasteiger partial charge in [0.15, 0.2) is 0 Å². The Labute approximate surface area is 117 Å². The number of carbonyl (C=O) groups excluding carboxylic acids is 1. The van der Waals surface area contributed by atoms with Gasteiger partial charge in [-0.15, -0.1) is 0 Å². The first-order valence-corrected chi connectivity index (χ1v) is 6.71. The quantitative estimate of drug-likeness (QED) is 0.428. The molecule has 0 aliphatic rings. The molecule has 1 unspecified atom stereocenters. The standard InChI is InChI=1S/C14H29N3O2/c1-11(2)10-19-7-6-16-12(9-15)8-13(18)17-14(3,4)5/h12,16H,1,6-10,15H2,2-5H3,(H,17,18). The van der Waals surface area contributed by atoms with Crippen LogP contribution in [0.3, 0.4) is 0 Å². The van der Waals surface area contributed by atoms with Crippen LogP contribution in [0.25, 0.3) is 0 Å². The van der Waals surface area contributed by atoms with Crippen LogP contribution in [-0.4, -0.2) is 43.8 Å². The van der Waals surface area contributed by atoms with Crippen molar-refractivity contribution in [3.63, 3.8) is 0 Å². The van der Waals surface area contributed by atoms with Gasteiger partial charge in [-0.2, -0.15) is 0 Å². The van der Waals surface area contributed by atoms with Gasteiger partial charge in [-0.1, -0.05) is 12.2 Å². The summed E-state index contributed by atoms with van der Waals surface area (Å²) < 4.78 is 5.37. The largest absolute Gasteiger partial charge is 0.376 e. The summed E-state index contributed by atoms with van der Waals surface area (Å²) in [7, 11) is 0. The summed E-state index contributed by atoms with van der Waals surface area (Å²) in [5.41, 5.74) is 6.44. The van der Waals surface area contributed by atoms with Crippen LogP contribution in [0.4, 0.5) is 0 Å². The molecule has 5 heteroatoms. The van der Waals surface area contributed by atoms with Gasteiger partial charge in [0, 0.05) is 31.1 Å². The molecule has 0 fully saturated rings. The summed E-state index contributed by atoms with van der Waals surface area (Å²) in [6.45, 7) is 13.8. The summed E-state index contributed by atoms with van der Waals surface area (Å²) >= 11 is 0. The van der Waals surface area contributed by atoms with E-state index in [0.29, 0.717) is 32.7 Å². The molecule has 0 heterocycles. The molecule has 0 saturated carbocycles. The van der Waals surface area contributed by atoms with Crippen molar-refractivity contribution in [1.29, 1.82) is 0 Å². The number of nitrogens with one attached hydrogen (secondary N) is 2. The molecule has 0 rings (SSSR count). The predicted octanol–water partition coefficient (Wildman–Crippen LogP) is 0.801.